The lowest BCUT2D eigenvalue weighted by Crippen LogP contribution is -2.43. The lowest BCUT2D eigenvalue weighted by atomic mass is 10.1. The van der Waals surface area contributed by atoms with Crippen LogP contribution in [0.2, 0.25) is 5.02 Å². The highest BCUT2D eigenvalue weighted by atomic mass is 35.5. The summed E-state index contributed by atoms with van der Waals surface area (Å²) in [5.74, 6) is -0.583. The predicted molar refractivity (Wildman–Crippen MR) is 194 cm³/mol. The molecular formula is C39H37ClN6O4. The van der Waals surface area contributed by atoms with Crippen LogP contribution in [0.5, 0.6) is 0 Å². The van der Waals surface area contributed by atoms with E-state index < -0.39 is 12.1 Å². The van der Waals surface area contributed by atoms with E-state index in [9.17, 15) is 19.2 Å². The molecular weight excluding hydrogens is 652 g/mol. The molecule has 50 heavy (non-hydrogen) atoms. The van der Waals surface area contributed by atoms with Crippen molar-refractivity contribution in [2.75, 3.05) is 23.7 Å². The highest BCUT2D eigenvalue weighted by Crippen LogP contribution is 2.35. The van der Waals surface area contributed by atoms with Gasteiger partial charge in [0.15, 0.2) is 0 Å². The Morgan fingerprint density at radius 2 is 1.24 bits per heavy atom. The number of anilines is 2. The first kappa shape index (κ1) is 33.0. The number of aromatic amines is 1. The topological polar surface area (TPSA) is 128 Å². The third-order valence-electron chi connectivity index (χ3n) is 9.44. The summed E-state index contributed by atoms with van der Waals surface area (Å²) in [6.07, 6.45) is 4.85. The molecule has 7 rings (SSSR count). The Bertz CT molecular complexity index is 2030. The highest BCUT2D eigenvalue weighted by Gasteiger charge is 2.35. The molecule has 0 bridgehead atoms. The van der Waals surface area contributed by atoms with E-state index in [0.29, 0.717) is 59.1 Å². The number of benzene rings is 3. The van der Waals surface area contributed by atoms with Gasteiger partial charge in [-0.2, -0.15) is 0 Å². The number of likely N-dealkylation sites (tertiary alicyclic amines) is 2. The summed E-state index contributed by atoms with van der Waals surface area (Å²) in [5.41, 5.74) is 4.93. The third-order valence-corrected chi connectivity index (χ3v) is 9.84. The van der Waals surface area contributed by atoms with E-state index in [1.165, 1.54) is 0 Å². The van der Waals surface area contributed by atoms with Crippen molar-refractivity contribution in [1.82, 2.24) is 19.8 Å². The Morgan fingerprint density at radius 1 is 0.720 bits per heavy atom. The molecule has 0 aliphatic carbocycles. The van der Waals surface area contributed by atoms with Crippen molar-refractivity contribution >= 4 is 57.6 Å². The van der Waals surface area contributed by atoms with Crippen LogP contribution in [0, 0.1) is 0 Å². The van der Waals surface area contributed by atoms with Crippen LogP contribution in [0.3, 0.4) is 0 Å². The van der Waals surface area contributed by atoms with Gasteiger partial charge in [-0.05, 0) is 60.6 Å². The summed E-state index contributed by atoms with van der Waals surface area (Å²) < 4.78 is 0. The summed E-state index contributed by atoms with van der Waals surface area (Å²) in [7, 11) is 0. The Balaban J connectivity index is 0.991. The molecule has 2 fully saturated rings. The smallest absolute Gasteiger partial charge is 0.247 e. The van der Waals surface area contributed by atoms with E-state index in [-0.39, 0.29) is 36.5 Å². The predicted octanol–water partition coefficient (Wildman–Crippen LogP) is 6.23. The Labute approximate surface area is 294 Å². The van der Waals surface area contributed by atoms with Crippen LogP contribution in [0.15, 0.2) is 97.2 Å². The average molecular weight is 689 g/mol. The summed E-state index contributed by atoms with van der Waals surface area (Å²) in [6.45, 7) is 1.11. The molecule has 0 unspecified atom stereocenters. The Hall–Kier alpha value is -5.48. The standard InChI is InChI=1S/C39H37ClN6O4/c40-35-30-23-29(43-39(50)32-14-8-20-46(32)34(48)22-26-11-5-2-6-12-26)24-41-37(30)44-36(35)27-15-17-28(18-16-27)42-38(49)31-13-7-19-45(31)33(47)21-25-9-3-1-4-10-25/h1-6,9-12,15-18,23-24,31-32H,7-8,13-14,19-22H2,(H,41,44)(H,42,49)(H,43,50)/t31-,32-/m0/s1. The number of pyridine rings is 1. The third kappa shape index (κ3) is 7.11. The molecule has 0 radical (unpaired) electrons. The van der Waals surface area contributed by atoms with Crippen molar-refractivity contribution in [3.8, 4) is 11.3 Å². The van der Waals surface area contributed by atoms with Gasteiger partial charge < -0.3 is 25.4 Å². The first-order valence-electron chi connectivity index (χ1n) is 16.9. The summed E-state index contributed by atoms with van der Waals surface area (Å²) in [5, 5.41) is 6.99. The average Bonchev–Trinajstić information content (AvgIpc) is 3.89. The van der Waals surface area contributed by atoms with E-state index in [1.807, 2.05) is 72.8 Å². The number of hydrogen-bond donors (Lipinski definition) is 3. The molecule has 2 aliphatic heterocycles. The summed E-state index contributed by atoms with van der Waals surface area (Å²) >= 11 is 6.84. The van der Waals surface area contributed by atoms with Gasteiger partial charge in [0.25, 0.3) is 0 Å². The number of amides is 4. The van der Waals surface area contributed by atoms with Crippen molar-refractivity contribution in [1.29, 1.82) is 0 Å². The second-order valence-corrected chi connectivity index (χ2v) is 13.2. The van der Waals surface area contributed by atoms with E-state index >= 15 is 0 Å². The van der Waals surface area contributed by atoms with Crippen molar-refractivity contribution < 1.29 is 19.2 Å². The van der Waals surface area contributed by atoms with Gasteiger partial charge in [-0.25, -0.2) is 4.98 Å². The fourth-order valence-electron chi connectivity index (χ4n) is 6.90. The Kier molecular flexibility index (Phi) is 9.62. The van der Waals surface area contributed by atoms with Crippen LogP contribution in [0.4, 0.5) is 11.4 Å². The SMILES string of the molecule is O=C(Nc1ccc(-c2[nH]c3ncc(NC(=O)[C@@H]4CCCN4C(=O)Cc4ccccc4)cc3c2Cl)cc1)[C@@H]1CCCN1C(=O)Cc1ccccc1. The first-order valence-corrected chi connectivity index (χ1v) is 17.3. The minimum atomic E-state index is -0.551. The molecule has 5 aromatic rings. The molecule has 10 nitrogen and oxygen atoms in total. The van der Waals surface area contributed by atoms with Crippen LogP contribution in [-0.4, -0.2) is 68.6 Å². The molecule has 3 N–H and O–H groups in total. The lowest BCUT2D eigenvalue weighted by Gasteiger charge is -2.24. The Morgan fingerprint density at radius 3 is 1.78 bits per heavy atom. The maximum atomic E-state index is 13.3. The monoisotopic (exact) mass is 688 g/mol. The number of nitrogens with zero attached hydrogens (tertiary/aromatic N) is 3. The normalized spacial score (nSPS) is 17.2. The number of hydrogen-bond acceptors (Lipinski definition) is 5. The number of carbonyl (C=O) groups excluding carboxylic acids is 4. The minimum Gasteiger partial charge on any atom is -0.338 e. The lowest BCUT2D eigenvalue weighted by molar-refractivity contribution is -0.136. The zero-order chi connectivity index (χ0) is 34.6. The van der Waals surface area contributed by atoms with Crippen molar-refractivity contribution in [3.05, 3.63) is 113 Å². The van der Waals surface area contributed by atoms with Gasteiger partial charge >= 0.3 is 0 Å². The zero-order valence-corrected chi connectivity index (χ0v) is 28.2. The van der Waals surface area contributed by atoms with Gasteiger partial charge in [0.2, 0.25) is 23.6 Å². The number of fused-ring (bicyclic) bond motifs is 1. The first-order chi connectivity index (χ1) is 24.3. The van der Waals surface area contributed by atoms with Crippen molar-refractivity contribution in [2.45, 2.75) is 50.6 Å². The number of rotatable bonds is 9. The summed E-state index contributed by atoms with van der Waals surface area (Å²) in [4.78, 5) is 63.7. The van der Waals surface area contributed by atoms with E-state index in [1.54, 1.807) is 34.2 Å². The fourth-order valence-corrected chi connectivity index (χ4v) is 7.20. The molecule has 254 valence electrons. The molecule has 11 heteroatoms. The van der Waals surface area contributed by atoms with Crippen molar-refractivity contribution in [2.24, 2.45) is 0 Å². The van der Waals surface area contributed by atoms with Crippen LogP contribution in [0.25, 0.3) is 22.3 Å². The molecule has 2 saturated heterocycles. The molecule has 4 heterocycles. The summed E-state index contributed by atoms with van der Waals surface area (Å²) in [6, 6.07) is 27.1. The minimum absolute atomic E-state index is 0.0524. The number of aromatic nitrogens is 2. The maximum Gasteiger partial charge on any atom is 0.247 e. The van der Waals surface area contributed by atoms with Gasteiger partial charge in [0.05, 0.1) is 35.4 Å². The van der Waals surface area contributed by atoms with E-state index in [2.05, 4.69) is 20.6 Å². The quantitative estimate of drug-likeness (QED) is 0.169. The highest BCUT2D eigenvalue weighted by molar-refractivity contribution is 6.38. The van der Waals surface area contributed by atoms with Crippen LogP contribution in [-0.2, 0) is 32.0 Å². The number of nitrogens with one attached hydrogen (secondary N) is 3. The molecule has 3 aromatic carbocycles. The molecule has 2 aliphatic rings. The molecule has 0 spiro atoms. The molecule has 2 atom stereocenters. The molecule has 2 aromatic heterocycles. The van der Waals surface area contributed by atoms with Crippen molar-refractivity contribution in [3.63, 3.8) is 0 Å². The fraction of sp³-hybridized carbons (Fsp3) is 0.256. The number of carbonyl (C=O) groups is 4. The van der Waals surface area contributed by atoms with Crippen LogP contribution < -0.4 is 10.6 Å². The van der Waals surface area contributed by atoms with Gasteiger partial charge in [-0.1, -0.05) is 84.4 Å². The molecule has 0 saturated carbocycles. The maximum absolute atomic E-state index is 13.3. The van der Waals surface area contributed by atoms with Crippen LogP contribution >= 0.6 is 11.6 Å². The number of halogens is 1. The number of H-pyrrole nitrogens is 1. The van der Waals surface area contributed by atoms with Gasteiger partial charge in [0, 0.05) is 24.2 Å². The largest absolute Gasteiger partial charge is 0.338 e. The van der Waals surface area contributed by atoms with Crippen LogP contribution in [0.1, 0.15) is 36.8 Å². The zero-order valence-electron chi connectivity index (χ0n) is 27.4. The van der Waals surface area contributed by atoms with E-state index in [4.69, 9.17) is 11.6 Å². The second-order valence-electron chi connectivity index (χ2n) is 12.8. The van der Waals surface area contributed by atoms with Gasteiger partial charge in [-0.3, -0.25) is 19.2 Å². The van der Waals surface area contributed by atoms with E-state index in [0.717, 1.165) is 29.5 Å². The molecule has 4 amide bonds. The van der Waals surface area contributed by atoms with Gasteiger partial charge in [-0.15, -0.1) is 0 Å². The second kappa shape index (κ2) is 14.6. The van der Waals surface area contributed by atoms with Gasteiger partial charge in [0.1, 0.15) is 17.7 Å².